The van der Waals surface area contributed by atoms with Crippen molar-refractivity contribution in [2.24, 2.45) is 0 Å². The van der Waals surface area contributed by atoms with Gasteiger partial charge in [-0.2, -0.15) is 0 Å². The van der Waals surface area contributed by atoms with Crippen LogP contribution in [-0.4, -0.2) is 54.8 Å². The van der Waals surface area contributed by atoms with E-state index in [1.165, 1.54) is 0 Å². The van der Waals surface area contributed by atoms with Crippen molar-refractivity contribution in [1.82, 2.24) is 15.5 Å². The number of anilines is 1. The average Bonchev–Trinajstić information content (AvgIpc) is 2.78. The molecule has 3 aliphatic heterocycles. The van der Waals surface area contributed by atoms with E-state index in [1.807, 2.05) is 12.1 Å². The molecule has 7 heteroatoms. The number of rotatable bonds is 2. The Kier molecular flexibility index (Phi) is 4.17. The number of imide groups is 1. The maximum atomic E-state index is 12.7. The monoisotopic (exact) mass is 342 g/mol. The highest BCUT2D eigenvalue weighted by atomic mass is 16.2. The highest BCUT2D eigenvalue weighted by Gasteiger charge is 2.39. The van der Waals surface area contributed by atoms with Crippen molar-refractivity contribution >= 4 is 23.4 Å². The van der Waals surface area contributed by atoms with Gasteiger partial charge in [-0.15, -0.1) is 0 Å². The van der Waals surface area contributed by atoms with Crippen molar-refractivity contribution in [2.45, 2.75) is 31.8 Å². The van der Waals surface area contributed by atoms with Crippen molar-refractivity contribution < 1.29 is 14.4 Å². The number of benzene rings is 1. The van der Waals surface area contributed by atoms with Gasteiger partial charge in [-0.1, -0.05) is 0 Å². The maximum absolute atomic E-state index is 12.7. The summed E-state index contributed by atoms with van der Waals surface area (Å²) in [4.78, 5) is 40.1. The second-order valence-corrected chi connectivity index (χ2v) is 6.83. The fourth-order valence-electron chi connectivity index (χ4n) is 3.86. The summed E-state index contributed by atoms with van der Waals surface area (Å²) in [5.41, 5.74) is 2.76. The zero-order chi connectivity index (χ0) is 17.4. The number of amides is 3. The van der Waals surface area contributed by atoms with Crippen molar-refractivity contribution in [1.29, 1.82) is 0 Å². The van der Waals surface area contributed by atoms with Gasteiger partial charge < -0.3 is 15.1 Å². The standard InChI is InChI=1S/C18H22N4O3/c23-16-5-4-15(17(24)20-16)22-11-12-10-13(2-3-14(12)18(22)25)21-8-1-6-19-7-9-21/h2-3,10,15,19H,1,4-9,11H2,(H,20,23,24). The van der Waals surface area contributed by atoms with Crippen molar-refractivity contribution in [3.05, 3.63) is 29.3 Å². The number of piperidine rings is 1. The third kappa shape index (κ3) is 3.00. The van der Waals surface area contributed by atoms with Gasteiger partial charge in [0, 0.05) is 43.9 Å². The molecule has 7 nitrogen and oxygen atoms in total. The number of nitrogens with zero attached hydrogens (tertiary/aromatic N) is 2. The second kappa shape index (κ2) is 6.48. The Hall–Kier alpha value is -2.41. The first-order valence-corrected chi connectivity index (χ1v) is 8.87. The van der Waals surface area contributed by atoms with E-state index in [1.54, 1.807) is 4.90 Å². The number of hydrogen-bond acceptors (Lipinski definition) is 5. The number of fused-ring (bicyclic) bond motifs is 1. The fraction of sp³-hybridized carbons (Fsp3) is 0.500. The van der Waals surface area contributed by atoms with E-state index in [2.05, 4.69) is 21.6 Å². The molecule has 0 aliphatic carbocycles. The van der Waals surface area contributed by atoms with Gasteiger partial charge >= 0.3 is 0 Å². The minimum absolute atomic E-state index is 0.117. The minimum atomic E-state index is -0.552. The van der Waals surface area contributed by atoms with E-state index in [-0.39, 0.29) is 24.1 Å². The molecular formula is C18H22N4O3. The summed E-state index contributed by atoms with van der Waals surface area (Å²) in [5, 5.41) is 5.73. The zero-order valence-electron chi connectivity index (χ0n) is 14.1. The Morgan fingerprint density at radius 1 is 1.08 bits per heavy atom. The predicted octanol–water partition coefficient (Wildman–Crippen LogP) is 0.247. The van der Waals surface area contributed by atoms with Crippen molar-refractivity contribution in [3.63, 3.8) is 0 Å². The van der Waals surface area contributed by atoms with Gasteiger partial charge in [-0.25, -0.2) is 0 Å². The molecule has 2 saturated heterocycles. The zero-order valence-corrected chi connectivity index (χ0v) is 14.1. The summed E-state index contributed by atoms with van der Waals surface area (Å²) >= 11 is 0. The second-order valence-electron chi connectivity index (χ2n) is 6.83. The van der Waals surface area contributed by atoms with E-state index < -0.39 is 6.04 Å². The molecule has 4 rings (SSSR count). The van der Waals surface area contributed by atoms with Gasteiger partial charge in [-0.3, -0.25) is 19.7 Å². The Balaban J connectivity index is 1.54. The van der Waals surface area contributed by atoms with Crippen molar-refractivity contribution in [2.75, 3.05) is 31.1 Å². The summed E-state index contributed by atoms with van der Waals surface area (Å²) in [6.07, 6.45) is 1.77. The van der Waals surface area contributed by atoms with Crippen LogP contribution in [0, 0.1) is 0 Å². The first-order valence-electron chi connectivity index (χ1n) is 8.87. The summed E-state index contributed by atoms with van der Waals surface area (Å²) in [6, 6.07) is 5.39. The van der Waals surface area contributed by atoms with Crippen molar-refractivity contribution in [3.8, 4) is 0 Å². The highest BCUT2D eigenvalue weighted by molar-refractivity contribution is 6.05. The lowest BCUT2D eigenvalue weighted by molar-refractivity contribution is -0.136. The summed E-state index contributed by atoms with van der Waals surface area (Å²) in [7, 11) is 0. The van der Waals surface area contributed by atoms with E-state index in [9.17, 15) is 14.4 Å². The largest absolute Gasteiger partial charge is 0.370 e. The van der Waals surface area contributed by atoms with E-state index in [0.717, 1.165) is 43.9 Å². The molecule has 3 amide bonds. The lowest BCUT2D eigenvalue weighted by Gasteiger charge is -2.29. The summed E-state index contributed by atoms with van der Waals surface area (Å²) in [5.74, 6) is -0.743. The highest BCUT2D eigenvalue weighted by Crippen LogP contribution is 2.30. The molecule has 3 heterocycles. The third-order valence-corrected chi connectivity index (χ3v) is 5.21. The Morgan fingerprint density at radius 2 is 1.96 bits per heavy atom. The molecule has 1 unspecified atom stereocenters. The number of carbonyl (C=O) groups is 3. The molecule has 0 spiro atoms. The molecule has 2 N–H and O–H groups in total. The van der Waals surface area contributed by atoms with Crippen LogP contribution in [0.3, 0.4) is 0 Å². The van der Waals surface area contributed by atoms with Crippen LogP contribution in [0.2, 0.25) is 0 Å². The lowest BCUT2D eigenvalue weighted by Crippen LogP contribution is -2.52. The Labute approximate surface area is 146 Å². The van der Waals surface area contributed by atoms with Crippen LogP contribution in [0.4, 0.5) is 5.69 Å². The van der Waals surface area contributed by atoms with E-state index in [0.29, 0.717) is 18.5 Å². The van der Waals surface area contributed by atoms with Gasteiger partial charge in [0.05, 0.1) is 0 Å². The number of carbonyl (C=O) groups excluding carboxylic acids is 3. The Bertz CT molecular complexity index is 725. The Morgan fingerprint density at radius 3 is 2.80 bits per heavy atom. The van der Waals surface area contributed by atoms with Crippen LogP contribution in [0.1, 0.15) is 35.2 Å². The topological polar surface area (TPSA) is 81.8 Å². The van der Waals surface area contributed by atoms with Crippen LogP contribution < -0.4 is 15.5 Å². The quantitative estimate of drug-likeness (QED) is 0.753. The smallest absolute Gasteiger partial charge is 0.255 e. The van der Waals surface area contributed by atoms with Crippen LogP contribution in [0.15, 0.2) is 18.2 Å². The van der Waals surface area contributed by atoms with Crippen LogP contribution in [0.5, 0.6) is 0 Å². The summed E-state index contributed by atoms with van der Waals surface area (Å²) in [6.45, 7) is 4.36. The van der Waals surface area contributed by atoms with Gasteiger partial charge in [0.15, 0.2) is 0 Å². The molecular weight excluding hydrogens is 320 g/mol. The normalized spacial score (nSPS) is 24.2. The first kappa shape index (κ1) is 16.1. The van der Waals surface area contributed by atoms with Crippen LogP contribution in [0.25, 0.3) is 0 Å². The molecule has 3 aliphatic rings. The molecule has 2 fully saturated rings. The minimum Gasteiger partial charge on any atom is -0.370 e. The van der Waals surface area contributed by atoms with E-state index >= 15 is 0 Å². The SMILES string of the molecule is O=C1CCC(N2Cc3cc(N4CCCNCC4)ccc3C2=O)C(=O)N1. The molecule has 1 aromatic rings. The summed E-state index contributed by atoms with van der Waals surface area (Å²) < 4.78 is 0. The molecule has 0 bridgehead atoms. The molecule has 132 valence electrons. The fourth-order valence-corrected chi connectivity index (χ4v) is 3.86. The van der Waals surface area contributed by atoms with Gasteiger partial charge in [-0.05, 0) is 43.1 Å². The van der Waals surface area contributed by atoms with Gasteiger partial charge in [0.2, 0.25) is 11.8 Å². The maximum Gasteiger partial charge on any atom is 0.255 e. The first-order chi connectivity index (χ1) is 12.1. The molecule has 1 atom stereocenters. The molecule has 0 saturated carbocycles. The molecule has 0 aromatic heterocycles. The number of nitrogens with one attached hydrogen (secondary N) is 2. The van der Waals surface area contributed by atoms with Crippen LogP contribution in [-0.2, 0) is 16.1 Å². The lowest BCUT2D eigenvalue weighted by atomic mass is 10.0. The third-order valence-electron chi connectivity index (χ3n) is 5.21. The predicted molar refractivity (Wildman–Crippen MR) is 92.2 cm³/mol. The van der Waals surface area contributed by atoms with Crippen LogP contribution >= 0.6 is 0 Å². The van der Waals surface area contributed by atoms with Gasteiger partial charge in [0.1, 0.15) is 6.04 Å². The van der Waals surface area contributed by atoms with E-state index in [4.69, 9.17) is 0 Å². The average molecular weight is 342 g/mol. The molecule has 25 heavy (non-hydrogen) atoms. The molecule has 1 aromatic carbocycles. The number of hydrogen-bond donors (Lipinski definition) is 2. The van der Waals surface area contributed by atoms with Gasteiger partial charge in [0.25, 0.3) is 5.91 Å². The molecule has 0 radical (unpaired) electrons.